The van der Waals surface area contributed by atoms with Crippen LogP contribution in [0.1, 0.15) is 17.3 Å². The second-order valence-electron chi connectivity index (χ2n) is 6.23. The van der Waals surface area contributed by atoms with Crippen molar-refractivity contribution < 1.29 is 33.5 Å². The average molecular weight is 415 g/mol. The Morgan fingerprint density at radius 1 is 1.27 bits per heavy atom. The Bertz CT molecular complexity index is 1040. The van der Waals surface area contributed by atoms with Gasteiger partial charge in [0.05, 0.1) is 29.0 Å². The van der Waals surface area contributed by atoms with Crippen LogP contribution in [0, 0.1) is 10.1 Å². The summed E-state index contributed by atoms with van der Waals surface area (Å²) in [7, 11) is 1.35. The predicted octanol–water partition coefficient (Wildman–Crippen LogP) is 2.12. The van der Waals surface area contributed by atoms with Crippen LogP contribution in [0.2, 0.25) is 0 Å². The summed E-state index contributed by atoms with van der Waals surface area (Å²) in [6.45, 7) is 1.18. The Labute approximate surface area is 170 Å². The van der Waals surface area contributed by atoms with Crippen LogP contribution in [-0.4, -0.2) is 42.5 Å². The summed E-state index contributed by atoms with van der Waals surface area (Å²) in [5.74, 6) is -1.28. The van der Waals surface area contributed by atoms with Gasteiger partial charge in [0.25, 0.3) is 17.5 Å². The Morgan fingerprint density at radius 3 is 2.73 bits per heavy atom. The summed E-state index contributed by atoms with van der Waals surface area (Å²) >= 11 is 0. The van der Waals surface area contributed by atoms with Gasteiger partial charge in [-0.3, -0.25) is 19.7 Å². The Morgan fingerprint density at radius 2 is 2.03 bits per heavy atom. The number of non-ortho nitro benzene ring substituents is 1. The second kappa shape index (κ2) is 8.47. The molecule has 0 saturated heterocycles. The van der Waals surface area contributed by atoms with Crippen molar-refractivity contribution in [1.82, 2.24) is 0 Å². The lowest BCUT2D eigenvalue weighted by Gasteiger charge is -2.19. The zero-order valence-corrected chi connectivity index (χ0v) is 16.0. The minimum atomic E-state index is -1.21. The molecule has 0 radical (unpaired) electrons. The van der Waals surface area contributed by atoms with Crippen LogP contribution in [0.3, 0.4) is 0 Å². The number of hydrogen-bond acceptors (Lipinski definition) is 8. The van der Waals surface area contributed by atoms with Crippen molar-refractivity contribution in [3.05, 3.63) is 52.1 Å². The van der Waals surface area contributed by atoms with E-state index in [1.807, 2.05) is 0 Å². The van der Waals surface area contributed by atoms with E-state index in [1.165, 1.54) is 44.4 Å². The number of nitro groups is 1. The molecular formula is C19H17N3O8. The fraction of sp³-hybridized carbons (Fsp3) is 0.211. The fourth-order valence-corrected chi connectivity index (χ4v) is 2.63. The van der Waals surface area contributed by atoms with Gasteiger partial charge >= 0.3 is 5.97 Å². The number of ether oxygens (including phenoxy) is 3. The summed E-state index contributed by atoms with van der Waals surface area (Å²) in [6, 6.07) is 8.02. The maximum atomic E-state index is 12.4. The first-order valence-electron chi connectivity index (χ1n) is 8.69. The van der Waals surface area contributed by atoms with Gasteiger partial charge in [0.2, 0.25) is 0 Å². The molecule has 2 N–H and O–H groups in total. The van der Waals surface area contributed by atoms with Crippen molar-refractivity contribution in [3.8, 4) is 11.5 Å². The molecular weight excluding hydrogens is 398 g/mol. The molecule has 30 heavy (non-hydrogen) atoms. The van der Waals surface area contributed by atoms with E-state index >= 15 is 0 Å². The number of hydrogen-bond donors (Lipinski definition) is 2. The average Bonchev–Trinajstić information content (AvgIpc) is 2.72. The molecule has 2 amide bonds. The number of esters is 1. The Balaban J connectivity index is 1.69. The number of methoxy groups -OCH3 is 1. The number of carbonyl (C=O) groups is 3. The molecule has 0 spiro atoms. The highest BCUT2D eigenvalue weighted by molar-refractivity contribution is 6.00. The number of fused-ring (bicyclic) bond motifs is 1. The van der Waals surface area contributed by atoms with E-state index < -0.39 is 22.9 Å². The van der Waals surface area contributed by atoms with Crippen LogP contribution in [-0.2, 0) is 14.3 Å². The molecule has 0 saturated carbocycles. The minimum absolute atomic E-state index is 0.0671. The lowest BCUT2D eigenvalue weighted by molar-refractivity contribution is -0.384. The minimum Gasteiger partial charge on any atom is -0.495 e. The summed E-state index contributed by atoms with van der Waals surface area (Å²) in [4.78, 5) is 46.4. The number of nitrogens with zero attached hydrogens (tertiary/aromatic N) is 1. The van der Waals surface area contributed by atoms with E-state index in [0.29, 0.717) is 11.4 Å². The van der Waals surface area contributed by atoms with Crippen LogP contribution >= 0.6 is 0 Å². The number of benzene rings is 2. The summed E-state index contributed by atoms with van der Waals surface area (Å²) in [6.07, 6.45) is -1.21. The first-order valence-corrected chi connectivity index (χ1v) is 8.69. The molecule has 1 heterocycles. The Kier molecular flexibility index (Phi) is 5.81. The SMILES string of the molecule is COc1ccc([N+](=O)[O-])cc1NC(=O)C(C)OC(=O)c1ccc2c(c1)OCC(=O)N2. The van der Waals surface area contributed by atoms with Crippen molar-refractivity contribution >= 4 is 34.8 Å². The topological polar surface area (TPSA) is 146 Å². The van der Waals surface area contributed by atoms with E-state index in [1.54, 1.807) is 0 Å². The van der Waals surface area contributed by atoms with Gasteiger partial charge in [-0.15, -0.1) is 0 Å². The molecule has 2 aromatic rings. The van der Waals surface area contributed by atoms with Gasteiger partial charge in [0, 0.05) is 12.1 Å². The molecule has 11 nitrogen and oxygen atoms in total. The number of rotatable bonds is 6. The molecule has 0 aromatic heterocycles. The number of anilines is 2. The van der Waals surface area contributed by atoms with Crippen molar-refractivity contribution in [2.24, 2.45) is 0 Å². The smallest absolute Gasteiger partial charge is 0.339 e. The molecule has 3 rings (SSSR count). The predicted molar refractivity (Wildman–Crippen MR) is 104 cm³/mol. The third-order valence-electron chi connectivity index (χ3n) is 4.15. The Hall–Kier alpha value is -4.15. The molecule has 0 fully saturated rings. The van der Waals surface area contributed by atoms with Gasteiger partial charge < -0.3 is 24.8 Å². The third-order valence-corrected chi connectivity index (χ3v) is 4.15. The summed E-state index contributed by atoms with van der Waals surface area (Å²) in [5.41, 5.74) is 0.373. The van der Waals surface area contributed by atoms with Gasteiger partial charge in [-0.25, -0.2) is 4.79 Å². The van der Waals surface area contributed by atoms with Crippen molar-refractivity contribution in [3.63, 3.8) is 0 Å². The third kappa shape index (κ3) is 4.46. The second-order valence-corrected chi connectivity index (χ2v) is 6.23. The quantitative estimate of drug-likeness (QED) is 0.414. The maximum absolute atomic E-state index is 12.4. The lowest BCUT2D eigenvalue weighted by atomic mass is 10.1. The van der Waals surface area contributed by atoms with E-state index in [0.717, 1.165) is 6.07 Å². The van der Waals surface area contributed by atoms with Gasteiger partial charge in [0.1, 0.15) is 11.5 Å². The van der Waals surface area contributed by atoms with Gasteiger partial charge in [0.15, 0.2) is 12.7 Å². The molecule has 1 atom stereocenters. The van der Waals surface area contributed by atoms with Crippen molar-refractivity contribution in [2.45, 2.75) is 13.0 Å². The van der Waals surface area contributed by atoms with Crippen LogP contribution in [0.15, 0.2) is 36.4 Å². The number of amides is 2. The van der Waals surface area contributed by atoms with Crippen LogP contribution in [0.4, 0.5) is 17.1 Å². The highest BCUT2D eigenvalue weighted by Crippen LogP contribution is 2.30. The van der Waals surface area contributed by atoms with E-state index in [2.05, 4.69) is 10.6 Å². The van der Waals surface area contributed by atoms with Crippen molar-refractivity contribution in [1.29, 1.82) is 0 Å². The summed E-state index contributed by atoms with van der Waals surface area (Å²) in [5, 5.41) is 16.0. The monoisotopic (exact) mass is 415 g/mol. The normalized spacial score (nSPS) is 13.2. The first kappa shape index (κ1) is 20.6. The molecule has 156 valence electrons. The van der Waals surface area contributed by atoms with Gasteiger partial charge in [-0.2, -0.15) is 0 Å². The lowest BCUT2D eigenvalue weighted by Crippen LogP contribution is -2.30. The van der Waals surface area contributed by atoms with Crippen LogP contribution in [0.5, 0.6) is 11.5 Å². The van der Waals surface area contributed by atoms with Crippen LogP contribution < -0.4 is 20.1 Å². The fourth-order valence-electron chi connectivity index (χ4n) is 2.63. The number of nitro benzene ring substituents is 1. The largest absolute Gasteiger partial charge is 0.495 e. The molecule has 1 unspecified atom stereocenters. The van der Waals surface area contributed by atoms with E-state index in [-0.39, 0.29) is 35.2 Å². The molecule has 2 aromatic carbocycles. The standard InChI is InChI=1S/C19H17N3O8/c1-10(18(24)21-14-8-12(22(26)27)4-6-15(14)28-2)30-19(25)11-3-5-13-16(7-11)29-9-17(23)20-13/h3-8,10H,9H2,1-2H3,(H,20,23)(H,21,24). The first-order chi connectivity index (χ1) is 14.3. The molecule has 0 bridgehead atoms. The molecule has 0 aliphatic carbocycles. The van der Waals surface area contributed by atoms with Crippen LogP contribution in [0.25, 0.3) is 0 Å². The van der Waals surface area contributed by atoms with E-state index in [9.17, 15) is 24.5 Å². The highest BCUT2D eigenvalue weighted by Gasteiger charge is 2.23. The van der Waals surface area contributed by atoms with E-state index in [4.69, 9.17) is 14.2 Å². The highest BCUT2D eigenvalue weighted by atomic mass is 16.6. The van der Waals surface area contributed by atoms with Gasteiger partial charge in [-0.05, 0) is 31.2 Å². The molecule has 1 aliphatic heterocycles. The summed E-state index contributed by atoms with van der Waals surface area (Å²) < 4.78 is 15.5. The zero-order valence-electron chi connectivity index (χ0n) is 16.0. The molecule has 11 heteroatoms. The number of nitrogens with one attached hydrogen (secondary N) is 2. The zero-order chi connectivity index (χ0) is 21.8. The maximum Gasteiger partial charge on any atom is 0.339 e. The van der Waals surface area contributed by atoms with Crippen molar-refractivity contribution in [2.75, 3.05) is 24.4 Å². The van der Waals surface area contributed by atoms with Gasteiger partial charge in [-0.1, -0.05) is 0 Å². The molecule has 1 aliphatic rings. The number of carbonyl (C=O) groups excluding carboxylic acids is 3.